The number of aromatic amines is 1. The number of benzene rings is 1. The van der Waals surface area contributed by atoms with E-state index in [1.54, 1.807) is 14.2 Å². The van der Waals surface area contributed by atoms with Gasteiger partial charge in [-0.1, -0.05) is 12.1 Å². The molecule has 0 radical (unpaired) electrons. The van der Waals surface area contributed by atoms with Crippen LogP contribution in [0.2, 0.25) is 0 Å². The van der Waals surface area contributed by atoms with Gasteiger partial charge in [0.15, 0.2) is 0 Å². The number of hydrogen-bond donors (Lipinski definition) is 2. The second kappa shape index (κ2) is 6.71. The third-order valence-corrected chi connectivity index (χ3v) is 6.32. The summed E-state index contributed by atoms with van der Waals surface area (Å²) in [5, 5.41) is 5.10. The van der Waals surface area contributed by atoms with Gasteiger partial charge in [0.25, 0.3) is 0 Å². The molecule has 2 N–H and O–H groups in total. The number of fused-ring (bicyclic) bond motifs is 2. The van der Waals surface area contributed by atoms with Gasteiger partial charge in [-0.25, -0.2) is 0 Å². The average molecular weight is 378 g/mol. The van der Waals surface area contributed by atoms with Crippen molar-refractivity contribution in [3.8, 4) is 11.8 Å². The molecular weight excluding hydrogens is 352 g/mol. The molecule has 1 aliphatic carbocycles. The third kappa shape index (κ3) is 2.71. The molecule has 5 rings (SSSR count). The van der Waals surface area contributed by atoms with Crippen LogP contribution in [0, 0.1) is 0 Å². The van der Waals surface area contributed by atoms with Gasteiger partial charge < -0.3 is 24.7 Å². The van der Waals surface area contributed by atoms with Crippen molar-refractivity contribution in [3.63, 3.8) is 0 Å². The number of pyridine rings is 1. The maximum atomic E-state index is 5.47. The number of likely N-dealkylation sites (tertiary alicyclic amines) is 1. The molecule has 2 aliphatic rings. The van der Waals surface area contributed by atoms with E-state index >= 15 is 0 Å². The summed E-state index contributed by atoms with van der Waals surface area (Å²) in [6.45, 7) is 0.992. The smallest absolute Gasteiger partial charge is 0.240 e. The van der Waals surface area contributed by atoms with Crippen LogP contribution in [0.4, 0.5) is 5.69 Å². The maximum absolute atomic E-state index is 5.47. The first-order valence-electron chi connectivity index (χ1n) is 9.82. The Morgan fingerprint density at radius 1 is 1.18 bits per heavy atom. The van der Waals surface area contributed by atoms with Gasteiger partial charge in [0.1, 0.15) is 0 Å². The molecule has 0 saturated carbocycles. The van der Waals surface area contributed by atoms with Gasteiger partial charge in [0.2, 0.25) is 11.8 Å². The Labute approximate surface area is 164 Å². The fraction of sp³-hybridized carbons (Fsp3) is 0.409. The number of piperidine rings is 1. The standard InChI is InChI=1S/C22H26N4O2/c1-26-12-14(24-18-7-8-20(27-2)25-22(18)28-3)10-16-15-5-4-6-17-21(15)13(11-23-17)9-19(16)26/h4-8,11,14,16,19,23-24H,9-10,12H2,1-3H3/t14-,16?,19+/m0/s1. The first kappa shape index (κ1) is 17.4. The fourth-order valence-corrected chi connectivity index (χ4v) is 5.07. The molecule has 1 fully saturated rings. The Hall–Kier alpha value is -2.73. The van der Waals surface area contributed by atoms with Crippen molar-refractivity contribution in [2.24, 2.45) is 0 Å². The van der Waals surface area contributed by atoms with Crippen LogP contribution < -0.4 is 14.8 Å². The molecule has 1 aliphatic heterocycles. The molecule has 1 saturated heterocycles. The molecule has 6 nitrogen and oxygen atoms in total. The van der Waals surface area contributed by atoms with Crippen molar-refractivity contribution in [1.82, 2.24) is 14.9 Å². The summed E-state index contributed by atoms with van der Waals surface area (Å²) < 4.78 is 10.7. The molecule has 28 heavy (non-hydrogen) atoms. The van der Waals surface area contributed by atoms with E-state index in [1.807, 2.05) is 12.1 Å². The summed E-state index contributed by atoms with van der Waals surface area (Å²) in [4.78, 5) is 10.4. The number of methoxy groups -OCH3 is 2. The number of nitrogens with zero attached hydrogens (tertiary/aromatic N) is 2. The maximum Gasteiger partial charge on any atom is 0.240 e. The van der Waals surface area contributed by atoms with E-state index in [0.717, 1.165) is 25.1 Å². The molecule has 3 atom stereocenters. The van der Waals surface area contributed by atoms with Crippen LogP contribution in [-0.4, -0.2) is 54.8 Å². The van der Waals surface area contributed by atoms with Crippen LogP contribution in [0.15, 0.2) is 36.5 Å². The zero-order chi connectivity index (χ0) is 19.3. The average Bonchev–Trinajstić information content (AvgIpc) is 3.13. The molecular formula is C22H26N4O2. The summed E-state index contributed by atoms with van der Waals surface area (Å²) in [5.74, 6) is 1.64. The second-order valence-corrected chi connectivity index (χ2v) is 7.89. The van der Waals surface area contributed by atoms with E-state index in [4.69, 9.17) is 9.47 Å². The van der Waals surface area contributed by atoms with Gasteiger partial charge in [-0.3, -0.25) is 0 Å². The zero-order valence-electron chi connectivity index (χ0n) is 16.5. The molecule has 0 amide bonds. The number of ether oxygens (including phenoxy) is 2. The van der Waals surface area contributed by atoms with Crippen molar-refractivity contribution in [3.05, 3.63) is 47.7 Å². The second-order valence-electron chi connectivity index (χ2n) is 7.89. The molecule has 2 aromatic heterocycles. The molecule has 146 valence electrons. The first-order valence-corrected chi connectivity index (χ1v) is 9.82. The summed E-state index contributed by atoms with van der Waals surface area (Å²) in [6, 6.07) is 11.4. The minimum Gasteiger partial charge on any atom is -0.481 e. The fourth-order valence-electron chi connectivity index (χ4n) is 5.07. The Kier molecular flexibility index (Phi) is 4.16. The number of anilines is 1. The number of rotatable bonds is 4. The summed E-state index contributed by atoms with van der Waals surface area (Å²) in [6.07, 6.45) is 4.39. The lowest BCUT2D eigenvalue weighted by Gasteiger charge is -2.46. The Bertz CT molecular complexity index is 1010. The number of aromatic nitrogens is 2. The van der Waals surface area contributed by atoms with Crippen molar-refractivity contribution in [2.75, 3.05) is 33.1 Å². The molecule has 6 heteroatoms. The largest absolute Gasteiger partial charge is 0.481 e. The van der Waals surface area contributed by atoms with Gasteiger partial charge in [0, 0.05) is 47.7 Å². The van der Waals surface area contributed by atoms with Gasteiger partial charge in [0.05, 0.1) is 19.9 Å². The van der Waals surface area contributed by atoms with E-state index in [1.165, 1.54) is 22.0 Å². The molecule has 3 heterocycles. The lowest BCUT2D eigenvalue weighted by atomic mass is 9.74. The van der Waals surface area contributed by atoms with Gasteiger partial charge in [-0.05, 0) is 43.1 Å². The molecule has 0 spiro atoms. The normalized spacial score (nSPS) is 24.0. The van der Waals surface area contributed by atoms with E-state index in [-0.39, 0.29) is 0 Å². The molecule has 1 unspecified atom stereocenters. The highest BCUT2D eigenvalue weighted by Crippen LogP contribution is 2.43. The summed E-state index contributed by atoms with van der Waals surface area (Å²) in [5.41, 5.74) is 5.09. The Balaban J connectivity index is 1.45. The summed E-state index contributed by atoms with van der Waals surface area (Å²) in [7, 11) is 5.50. The van der Waals surface area contributed by atoms with Crippen LogP contribution in [0.3, 0.4) is 0 Å². The molecule has 3 aromatic rings. The van der Waals surface area contributed by atoms with Crippen LogP contribution >= 0.6 is 0 Å². The predicted octanol–water partition coefficient (Wildman–Crippen LogP) is 3.40. The Morgan fingerprint density at radius 2 is 2.07 bits per heavy atom. The van der Waals surface area contributed by atoms with Gasteiger partial charge in [-0.2, -0.15) is 4.98 Å². The van der Waals surface area contributed by atoms with Gasteiger partial charge in [-0.15, -0.1) is 0 Å². The highest BCUT2D eigenvalue weighted by atomic mass is 16.5. The zero-order valence-corrected chi connectivity index (χ0v) is 16.5. The number of hydrogen-bond acceptors (Lipinski definition) is 5. The minimum atomic E-state index is 0.325. The lowest BCUT2D eigenvalue weighted by Crippen LogP contribution is -2.51. The van der Waals surface area contributed by atoms with E-state index in [0.29, 0.717) is 29.8 Å². The monoisotopic (exact) mass is 378 g/mol. The van der Waals surface area contributed by atoms with Crippen LogP contribution in [0.25, 0.3) is 10.9 Å². The minimum absolute atomic E-state index is 0.325. The number of nitrogens with one attached hydrogen (secondary N) is 2. The molecule has 1 aromatic carbocycles. The van der Waals surface area contributed by atoms with Gasteiger partial charge >= 0.3 is 0 Å². The highest BCUT2D eigenvalue weighted by Gasteiger charge is 2.39. The van der Waals surface area contributed by atoms with Crippen molar-refractivity contribution in [2.45, 2.75) is 30.8 Å². The lowest BCUT2D eigenvalue weighted by molar-refractivity contribution is 0.147. The molecule has 0 bridgehead atoms. The SMILES string of the molecule is COc1ccc(N[C@H]2CC3c4cccc5[nH]cc(c45)C[C@H]3N(C)C2)c(OC)n1. The van der Waals surface area contributed by atoms with E-state index in [2.05, 4.69) is 51.6 Å². The van der Waals surface area contributed by atoms with E-state index < -0.39 is 0 Å². The van der Waals surface area contributed by atoms with Crippen LogP contribution in [0.1, 0.15) is 23.5 Å². The quantitative estimate of drug-likeness (QED) is 0.729. The Morgan fingerprint density at radius 3 is 2.89 bits per heavy atom. The topological polar surface area (TPSA) is 62.4 Å². The number of H-pyrrole nitrogens is 1. The van der Waals surface area contributed by atoms with Crippen molar-refractivity contribution < 1.29 is 9.47 Å². The van der Waals surface area contributed by atoms with E-state index in [9.17, 15) is 0 Å². The summed E-state index contributed by atoms with van der Waals surface area (Å²) >= 11 is 0. The van der Waals surface area contributed by atoms with Crippen molar-refractivity contribution >= 4 is 16.6 Å². The van der Waals surface area contributed by atoms with Crippen molar-refractivity contribution in [1.29, 1.82) is 0 Å². The van der Waals surface area contributed by atoms with Crippen LogP contribution in [0.5, 0.6) is 11.8 Å². The van der Waals surface area contributed by atoms with Crippen LogP contribution in [-0.2, 0) is 6.42 Å². The predicted molar refractivity (Wildman–Crippen MR) is 111 cm³/mol. The number of likely N-dealkylation sites (N-methyl/N-ethyl adjacent to an activating group) is 1. The third-order valence-electron chi connectivity index (χ3n) is 6.32. The first-order chi connectivity index (χ1) is 13.7. The highest BCUT2D eigenvalue weighted by molar-refractivity contribution is 5.88.